The number of ether oxygens (including phenoxy) is 3. The molecular formula is C24H26F3N3O4. The topological polar surface area (TPSA) is 75.5 Å². The van der Waals surface area contributed by atoms with Crippen LogP contribution >= 0.6 is 0 Å². The number of methoxy groups -OCH3 is 1. The van der Waals surface area contributed by atoms with Crippen molar-refractivity contribution in [1.82, 2.24) is 14.8 Å². The van der Waals surface area contributed by atoms with E-state index in [2.05, 4.69) is 10.1 Å². The van der Waals surface area contributed by atoms with E-state index < -0.39 is 17.7 Å². The molecule has 0 aliphatic heterocycles. The van der Waals surface area contributed by atoms with Gasteiger partial charge in [-0.1, -0.05) is 13.8 Å². The molecule has 0 fully saturated rings. The zero-order valence-corrected chi connectivity index (χ0v) is 19.3. The maximum Gasteiger partial charge on any atom is 0.417 e. The predicted molar refractivity (Wildman–Crippen MR) is 119 cm³/mol. The first-order chi connectivity index (χ1) is 16.1. The van der Waals surface area contributed by atoms with Crippen LogP contribution in [-0.4, -0.2) is 34.5 Å². The van der Waals surface area contributed by atoms with Gasteiger partial charge in [0, 0.05) is 37.5 Å². The van der Waals surface area contributed by atoms with Gasteiger partial charge in [0.1, 0.15) is 17.2 Å². The molecule has 0 amide bonds. The molecule has 2 aromatic heterocycles. The summed E-state index contributed by atoms with van der Waals surface area (Å²) in [5, 5.41) is 4.54. The Bertz CT molecular complexity index is 1130. The zero-order valence-electron chi connectivity index (χ0n) is 19.3. The molecule has 0 radical (unpaired) electrons. The quantitative estimate of drug-likeness (QED) is 0.235. The van der Waals surface area contributed by atoms with Gasteiger partial charge in [-0.15, -0.1) is 0 Å². The normalized spacial score (nSPS) is 11.5. The van der Waals surface area contributed by atoms with Gasteiger partial charge < -0.3 is 14.2 Å². The van der Waals surface area contributed by atoms with Crippen LogP contribution < -0.4 is 14.2 Å². The van der Waals surface area contributed by atoms with Gasteiger partial charge in [0.2, 0.25) is 0 Å². The third-order valence-corrected chi connectivity index (χ3v) is 4.89. The molecule has 0 N–H and O–H groups in total. The lowest BCUT2D eigenvalue weighted by Gasteiger charge is -2.11. The Morgan fingerprint density at radius 1 is 1.12 bits per heavy atom. The van der Waals surface area contributed by atoms with Crippen molar-refractivity contribution in [2.24, 2.45) is 0 Å². The number of nitrogens with zero attached hydrogens (tertiary/aromatic N) is 3. The van der Waals surface area contributed by atoms with Gasteiger partial charge in [-0.05, 0) is 36.5 Å². The molecule has 2 heterocycles. The molecule has 0 spiro atoms. The summed E-state index contributed by atoms with van der Waals surface area (Å²) in [6.07, 6.45) is -0.542. The summed E-state index contributed by atoms with van der Waals surface area (Å²) < 4.78 is 56.1. The van der Waals surface area contributed by atoms with Crippen molar-refractivity contribution in [1.29, 1.82) is 0 Å². The molecule has 3 aromatic rings. The van der Waals surface area contributed by atoms with E-state index in [1.807, 2.05) is 13.8 Å². The molecular weight excluding hydrogens is 451 g/mol. The van der Waals surface area contributed by atoms with Crippen LogP contribution in [0, 0.1) is 0 Å². The van der Waals surface area contributed by atoms with Crippen LogP contribution in [0.5, 0.6) is 17.2 Å². The van der Waals surface area contributed by atoms with Gasteiger partial charge in [0.25, 0.3) is 0 Å². The number of hydrogen-bond acceptors (Lipinski definition) is 6. The van der Waals surface area contributed by atoms with Crippen LogP contribution in [0.15, 0.2) is 42.7 Å². The van der Waals surface area contributed by atoms with E-state index in [1.54, 1.807) is 24.4 Å². The van der Waals surface area contributed by atoms with E-state index in [0.29, 0.717) is 42.5 Å². The molecule has 0 aliphatic carbocycles. The monoisotopic (exact) mass is 477 g/mol. The van der Waals surface area contributed by atoms with Gasteiger partial charge in [-0.25, -0.2) is 9.67 Å². The number of aromatic nitrogens is 3. The third kappa shape index (κ3) is 6.49. The fourth-order valence-electron chi connectivity index (χ4n) is 3.33. The van der Waals surface area contributed by atoms with Crippen molar-refractivity contribution in [3.05, 3.63) is 59.5 Å². The number of hydrogen-bond donors (Lipinski definition) is 0. The second-order valence-corrected chi connectivity index (χ2v) is 7.93. The van der Waals surface area contributed by atoms with E-state index in [9.17, 15) is 18.0 Å². The van der Waals surface area contributed by atoms with E-state index in [0.717, 1.165) is 23.5 Å². The number of esters is 1. The van der Waals surface area contributed by atoms with Crippen LogP contribution in [0.2, 0.25) is 0 Å². The zero-order chi connectivity index (χ0) is 24.9. The standard InChI is InChI=1S/C24H26F3N3O4/c1-15(2)23-17(14-30(29-23)22-8-7-18(13-28-22)24(25,26)27)6-5-9-33-20-10-19(32-4)11-21(12-20)34-16(3)31/h7-8,10-15H,5-6,9H2,1-4H3. The second kappa shape index (κ2) is 10.6. The molecule has 182 valence electrons. The number of aryl methyl sites for hydroxylation is 1. The minimum atomic E-state index is -4.44. The maximum absolute atomic E-state index is 12.8. The van der Waals surface area contributed by atoms with E-state index >= 15 is 0 Å². The van der Waals surface area contributed by atoms with Crippen LogP contribution in [0.3, 0.4) is 0 Å². The van der Waals surface area contributed by atoms with Crippen molar-refractivity contribution < 1.29 is 32.2 Å². The maximum atomic E-state index is 12.8. The lowest BCUT2D eigenvalue weighted by atomic mass is 10.0. The number of carbonyl (C=O) groups excluding carboxylic acids is 1. The average Bonchev–Trinajstić information content (AvgIpc) is 3.20. The highest BCUT2D eigenvalue weighted by atomic mass is 19.4. The fraction of sp³-hybridized carbons (Fsp3) is 0.375. The largest absolute Gasteiger partial charge is 0.496 e. The summed E-state index contributed by atoms with van der Waals surface area (Å²) in [4.78, 5) is 15.1. The van der Waals surface area contributed by atoms with Crippen molar-refractivity contribution in [3.8, 4) is 23.1 Å². The Morgan fingerprint density at radius 3 is 2.41 bits per heavy atom. The lowest BCUT2D eigenvalue weighted by molar-refractivity contribution is -0.138. The number of pyridine rings is 1. The summed E-state index contributed by atoms with van der Waals surface area (Å²) in [7, 11) is 1.51. The van der Waals surface area contributed by atoms with Crippen LogP contribution in [-0.2, 0) is 17.4 Å². The number of alkyl halides is 3. The number of benzene rings is 1. The highest BCUT2D eigenvalue weighted by molar-refractivity contribution is 5.69. The van der Waals surface area contributed by atoms with Crippen LogP contribution in [0.4, 0.5) is 13.2 Å². The lowest BCUT2D eigenvalue weighted by Crippen LogP contribution is -2.07. The summed E-state index contributed by atoms with van der Waals surface area (Å²) in [5.74, 6) is 1.32. The summed E-state index contributed by atoms with van der Waals surface area (Å²) in [6.45, 7) is 5.69. The highest BCUT2D eigenvalue weighted by Crippen LogP contribution is 2.30. The Kier molecular flexibility index (Phi) is 7.80. The molecule has 3 rings (SSSR count). The number of rotatable bonds is 9. The summed E-state index contributed by atoms with van der Waals surface area (Å²) in [6, 6.07) is 7.19. The van der Waals surface area contributed by atoms with Crippen LogP contribution in [0.1, 0.15) is 49.9 Å². The molecule has 1 aromatic carbocycles. The first kappa shape index (κ1) is 25.1. The van der Waals surface area contributed by atoms with E-state index in [1.165, 1.54) is 24.8 Å². The molecule has 7 nitrogen and oxygen atoms in total. The second-order valence-electron chi connectivity index (χ2n) is 7.93. The van der Waals surface area contributed by atoms with Crippen molar-refractivity contribution >= 4 is 5.97 Å². The molecule has 0 bridgehead atoms. The Labute approximate surface area is 195 Å². The van der Waals surface area contributed by atoms with Crippen molar-refractivity contribution in [2.45, 2.75) is 45.7 Å². The average molecular weight is 477 g/mol. The third-order valence-electron chi connectivity index (χ3n) is 4.89. The molecule has 0 aliphatic rings. The van der Waals surface area contributed by atoms with Crippen LogP contribution in [0.25, 0.3) is 5.82 Å². The fourth-order valence-corrected chi connectivity index (χ4v) is 3.33. The van der Waals surface area contributed by atoms with E-state index in [4.69, 9.17) is 14.2 Å². The molecule has 10 heteroatoms. The number of carbonyl (C=O) groups is 1. The molecule has 0 saturated heterocycles. The smallest absolute Gasteiger partial charge is 0.417 e. The summed E-state index contributed by atoms with van der Waals surface area (Å²) in [5.41, 5.74) is 1.01. The highest BCUT2D eigenvalue weighted by Gasteiger charge is 2.30. The Hall–Kier alpha value is -3.56. The van der Waals surface area contributed by atoms with Gasteiger partial charge in [-0.2, -0.15) is 18.3 Å². The molecule has 0 saturated carbocycles. The first-order valence-corrected chi connectivity index (χ1v) is 10.7. The molecule has 34 heavy (non-hydrogen) atoms. The van der Waals surface area contributed by atoms with E-state index in [-0.39, 0.29) is 5.92 Å². The Balaban J connectivity index is 1.67. The van der Waals surface area contributed by atoms with Gasteiger partial charge >= 0.3 is 12.1 Å². The summed E-state index contributed by atoms with van der Waals surface area (Å²) >= 11 is 0. The minimum Gasteiger partial charge on any atom is -0.496 e. The molecule has 0 unspecified atom stereocenters. The van der Waals surface area contributed by atoms with Gasteiger partial charge in [0.05, 0.1) is 25.0 Å². The van der Waals surface area contributed by atoms with Crippen molar-refractivity contribution in [3.63, 3.8) is 0 Å². The predicted octanol–water partition coefficient (Wildman–Crippen LogP) is 5.36. The minimum absolute atomic E-state index is 0.122. The first-order valence-electron chi connectivity index (χ1n) is 10.7. The number of halogens is 3. The van der Waals surface area contributed by atoms with Gasteiger partial charge in [0.15, 0.2) is 5.82 Å². The molecule has 0 atom stereocenters. The SMILES string of the molecule is COc1cc(OCCCc2cn(-c3ccc(C(F)(F)F)cn3)nc2C(C)C)cc(OC(C)=O)c1. The van der Waals surface area contributed by atoms with Gasteiger partial charge in [-0.3, -0.25) is 4.79 Å². The Morgan fingerprint density at radius 2 is 1.82 bits per heavy atom. The van der Waals surface area contributed by atoms with Crippen molar-refractivity contribution in [2.75, 3.05) is 13.7 Å².